The van der Waals surface area contributed by atoms with Crippen LogP contribution in [0.3, 0.4) is 0 Å². The lowest BCUT2D eigenvalue weighted by Crippen LogP contribution is -2.51. The smallest absolute Gasteiger partial charge is 0.315 e. The summed E-state index contributed by atoms with van der Waals surface area (Å²) in [7, 11) is 0. The van der Waals surface area contributed by atoms with E-state index in [0.717, 1.165) is 5.01 Å². The number of rotatable bonds is 6. The van der Waals surface area contributed by atoms with Gasteiger partial charge >= 0.3 is 12.0 Å². The first-order chi connectivity index (χ1) is 9.22. The van der Waals surface area contributed by atoms with Crippen molar-refractivity contribution in [3.8, 4) is 0 Å². The van der Waals surface area contributed by atoms with E-state index in [9.17, 15) is 9.59 Å². The number of aromatic nitrogens is 1. The Morgan fingerprint density at radius 2 is 2.10 bits per heavy atom. The largest absolute Gasteiger partial charge is 0.481 e. The van der Waals surface area contributed by atoms with Crippen LogP contribution in [-0.4, -0.2) is 28.1 Å². The standard InChI is InChI=1S/C13H21N3O3S/c1-8(2)9(7-10(17)18)15-12(19)16-13(3,4)11-14-5-6-20-11/h5-6,8-9H,7H2,1-4H3,(H,17,18)(H2,15,16,19). The molecule has 0 aromatic carbocycles. The molecular formula is C13H21N3O3S. The zero-order valence-electron chi connectivity index (χ0n) is 12.1. The Bertz CT molecular complexity index is 457. The minimum absolute atomic E-state index is 0.0415. The highest BCUT2D eigenvalue weighted by Gasteiger charge is 2.27. The molecule has 0 aliphatic heterocycles. The number of carboxylic acids is 1. The second-order valence-corrected chi connectivity index (χ2v) is 6.40. The van der Waals surface area contributed by atoms with Crippen molar-refractivity contribution in [3.05, 3.63) is 16.6 Å². The molecule has 2 amide bonds. The Morgan fingerprint density at radius 3 is 2.55 bits per heavy atom. The van der Waals surface area contributed by atoms with E-state index < -0.39 is 17.6 Å². The molecule has 3 N–H and O–H groups in total. The summed E-state index contributed by atoms with van der Waals surface area (Å²) in [5, 5.41) is 17.0. The predicted octanol–water partition coefficient (Wildman–Crippen LogP) is 2.18. The van der Waals surface area contributed by atoms with E-state index in [2.05, 4.69) is 15.6 Å². The number of thiazole rings is 1. The Morgan fingerprint density at radius 1 is 1.45 bits per heavy atom. The summed E-state index contributed by atoms with van der Waals surface area (Å²) in [6, 6.07) is -0.787. The Labute approximate surface area is 122 Å². The first kappa shape index (κ1) is 16.4. The number of hydrogen-bond acceptors (Lipinski definition) is 4. The van der Waals surface area contributed by atoms with Crippen molar-refractivity contribution in [2.24, 2.45) is 5.92 Å². The van der Waals surface area contributed by atoms with E-state index >= 15 is 0 Å². The van der Waals surface area contributed by atoms with E-state index in [4.69, 9.17) is 5.11 Å². The summed E-state index contributed by atoms with van der Waals surface area (Å²) in [5.41, 5.74) is -0.594. The summed E-state index contributed by atoms with van der Waals surface area (Å²) in [6.07, 6.45) is 1.59. The van der Waals surface area contributed by atoms with E-state index in [1.165, 1.54) is 11.3 Å². The minimum Gasteiger partial charge on any atom is -0.481 e. The van der Waals surface area contributed by atoms with E-state index in [-0.39, 0.29) is 18.4 Å². The summed E-state index contributed by atoms with van der Waals surface area (Å²) in [4.78, 5) is 27.0. The molecule has 6 nitrogen and oxygen atoms in total. The number of carboxylic acid groups (broad SMARTS) is 1. The first-order valence-electron chi connectivity index (χ1n) is 6.43. The Kier molecular flexibility index (Phi) is 5.50. The number of nitrogens with one attached hydrogen (secondary N) is 2. The number of hydrogen-bond donors (Lipinski definition) is 3. The van der Waals surface area contributed by atoms with Crippen molar-refractivity contribution in [1.82, 2.24) is 15.6 Å². The van der Waals surface area contributed by atoms with Crippen molar-refractivity contribution in [1.29, 1.82) is 0 Å². The number of amides is 2. The predicted molar refractivity (Wildman–Crippen MR) is 77.7 cm³/mol. The van der Waals surface area contributed by atoms with Crippen LogP contribution < -0.4 is 10.6 Å². The zero-order chi connectivity index (χ0) is 15.3. The molecule has 1 heterocycles. The molecule has 1 unspecified atom stereocenters. The van der Waals surface area contributed by atoms with Gasteiger partial charge in [-0.05, 0) is 19.8 Å². The van der Waals surface area contributed by atoms with Crippen LogP contribution in [0.1, 0.15) is 39.1 Å². The third-order valence-electron chi connectivity index (χ3n) is 2.91. The van der Waals surface area contributed by atoms with Crippen molar-refractivity contribution >= 4 is 23.3 Å². The van der Waals surface area contributed by atoms with Crippen molar-refractivity contribution < 1.29 is 14.7 Å². The van der Waals surface area contributed by atoms with Crippen LogP contribution in [0.5, 0.6) is 0 Å². The van der Waals surface area contributed by atoms with Crippen LogP contribution in [0.2, 0.25) is 0 Å². The van der Waals surface area contributed by atoms with Crippen LogP contribution in [0.25, 0.3) is 0 Å². The molecule has 0 aliphatic carbocycles. The van der Waals surface area contributed by atoms with Crippen molar-refractivity contribution in [3.63, 3.8) is 0 Å². The molecule has 0 saturated heterocycles. The second-order valence-electron chi connectivity index (χ2n) is 5.51. The van der Waals surface area contributed by atoms with Crippen LogP contribution in [0.15, 0.2) is 11.6 Å². The molecule has 1 aromatic heterocycles. The minimum atomic E-state index is -0.928. The van der Waals surface area contributed by atoms with Gasteiger partial charge in [0.15, 0.2) is 0 Å². The van der Waals surface area contributed by atoms with Crippen LogP contribution in [0.4, 0.5) is 4.79 Å². The van der Waals surface area contributed by atoms with Gasteiger partial charge in [0.25, 0.3) is 0 Å². The maximum Gasteiger partial charge on any atom is 0.315 e. The molecular weight excluding hydrogens is 278 g/mol. The fraction of sp³-hybridized carbons (Fsp3) is 0.615. The lowest BCUT2D eigenvalue weighted by Gasteiger charge is -2.27. The van der Waals surface area contributed by atoms with Gasteiger partial charge in [-0.15, -0.1) is 11.3 Å². The van der Waals surface area contributed by atoms with E-state index in [0.29, 0.717) is 0 Å². The number of aliphatic carboxylic acids is 1. The molecule has 0 saturated carbocycles. The molecule has 1 atom stereocenters. The molecule has 112 valence electrons. The zero-order valence-corrected chi connectivity index (χ0v) is 13.0. The number of carbonyl (C=O) groups is 2. The highest BCUT2D eigenvalue weighted by atomic mass is 32.1. The van der Waals surface area contributed by atoms with Crippen LogP contribution in [0, 0.1) is 5.92 Å². The van der Waals surface area contributed by atoms with Gasteiger partial charge in [0, 0.05) is 17.6 Å². The molecule has 0 aliphatic rings. The average Bonchev–Trinajstić information content (AvgIpc) is 2.80. The third kappa shape index (κ3) is 4.80. The average molecular weight is 299 g/mol. The van der Waals surface area contributed by atoms with Crippen LogP contribution in [-0.2, 0) is 10.3 Å². The number of nitrogens with zero attached hydrogens (tertiary/aromatic N) is 1. The molecule has 0 bridgehead atoms. The van der Waals surface area contributed by atoms with Gasteiger partial charge in [0.05, 0.1) is 12.0 Å². The van der Waals surface area contributed by atoms with Gasteiger partial charge in [-0.2, -0.15) is 0 Å². The highest BCUT2D eigenvalue weighted by Crippen LogP contribution is 2.21. The molecule has 0 fully saturated rings. The second kappa shape index (κ2) is 6.69. The number of urea groups is 1. The van der Waals surface area contributed by atoms with Crippen LogP contribution >= 0.6 is 11.3 Å². The molecule has 1 aromatic rings. The SMILES string of the molecule is CC(C)C(CC(=O)O)NC(=O)NC(C)(C)c1nccs1. The molecule has 1 rings (SSSR count). The van der Waals surface area contributed by atoms with Gasteiger partial charge in [0.1, 0.15) is 5.01 Å². The quantitative estimate of drug-likeness (QED) is 0.750. The van der Waals surface area contributed by atoms with Gasteiger partial charge in [-0.25, -0.2) is 9.78 Å². The molecule has 7 heteroatoms. The van der Waals surface area contributed by atoms with Gasteiger partial charge in [0.2, 0.25) is 0 Å². The fourth-order valence-electron chi connectivity index (χ4n) is 1.72. The third-order valence-corrected chi connectivity index (χ3v) is 4.01. The summed E-state index contributed by atoms with van der Waals surface area (Å²) in [6.45, 7) is 7.46. The van der Waals surface area contributed by atoms with Gasteiger partial charge < -0.3 is 15.7 Å². The van der Waals surface area contributed by atoms with Crippen molar-refractivity contribution in [2.45, 2.75) is 45.7 Å². The van der Waals surface area contributed by atoms with Gasteiger partial charge in [-0.3, -0.25) is 4.79 Å². The lowest BCUT2D eigenvalue weighted by molar-refractivity contribution is -0.137. The van der Waals surface area contributed by atoms with E-state index in [1.54, 1.807) is 6.20 Å². The monoisotopic (exact) mass is 299 g/mol. The highest BCUT2D eigenvalue weighted by molar-refractivity contribution is 7.09. The first-order valence-corrected chi connectivity index (χ1v) is 7.30. The Hall–Kier alpha value is -1.63. The Balaban J connectivity index is 2.64. The summed E-state index contributed by atoms with van der Waals surface area (Å²) >= 11 is 1.46. The molecule has 20 heavy (non-hydrogen) atoms. The normalized spacial score (nSPS) is 13.1. The van der Waals surface area contributed by atoms with E-state index in [1.807, 2.05) is 33.1 Å². The molecule has 0 radical (unpaired) electrons. The summed E-state index contributed by atoms with van der Waals surface area (Å²) < 4.78 is 0. The lowest BCUT2D eigenvalue weighted by atomic mass is 10.0. The maximum atomic E-state index is 12.0. The van der Waals surface area contributed by atoms with Crippen molar-refractivity contribution in [2.75, 3.05) is 0 Å². The fourth-order valence-corrected chi connectivity index (χ4v) is 2.43. The summed E-state index contributed by atoms with van der Waals surface area (Å²) in [5.74, 6) is -0.886. The van der Waals surface area contributed by atoms with Gasteiger partial charge in [-0.1, -0.05) is 13.8 Å². The topological polar surface area (TPSA) is 91.3 Å². The maximum absolute atomic E-state index is 12.0. The molecule has 0 spiro atoms. The number of carbonyl (C=O) groups excluding carboxylic acids is 1.